The molecule has 0 bridgehead atoms. The SMILES string of the molecule is COC(=O)c1ccc(NC(=O)[C@H](CCCCN=C(N)N)NC(=O)C2CCC(CN)CC2)cc1. The third-order valence-electron chi connectivity index (χ3n) is 5.95. The van der Waals surface area contributed by atoms with Crippen molar-refractivity contribution in [3.05, 3.63) is 29.8 Å². The van der Waals surface area contributed by atoms with Crippen LogP contribution in [0.4, 0.5) is 5.69 Å². The zero-order valence-electron chi connectivity index (χ0n) is 19.2. The Morgan fingerprint density at radius 3 is 2.33 bits per heavy atom. The van der Waals surface area contributed by atoms with Crippen LogP contribution < -0.4 is 27.8 Å². The van der Waals surface area contributed by atoms with E-state index in [-0.39, 0.29) is 23.7 Å². The fourth-order valence-electron chi connectivity index (χ4n) is 3.92. The number of nitrogens with one attached hydrogen (secondary N) is 2. The molecule has 0 aromatic heterocycles. The Labute approximate surface area is 194 Å². The molecular weight excluding hydrogens is 424 g/mol. The van der Waals surface area contributed by atoms with Gasteiger partial charge in [-0.25, -0.2) is 4.79 Å². The van der Waals surface area contributed by atoms with Gasteiger partial charge >= 0.3 is 5.97 Å². The number of methoxy groups -OCH3 is 1. The number of carbonyl (C=O) groups is 3. The van der Waals surface area contributed by atoms with Gasteiger partial charge < -0.3 is 32.6 Å². The van der Waals surface area contributed by atoms with E-state index in [9.17, 15) is 14.4 Å². The van der Waals surface area contributed by atoms with E-state index >= 15 is 0 Å². The van der Waals surface area contributed by atoms with Crippen LogP contribution >= 0.6 is 0 Å². The van der Waals surface area contributed by atoms with Crippen molar-refractivity contribution in [1.82, 2.24) is 5.32 Å². The number of nitrogens with two attached hydrogens (primary N) is 3. The molecule has 1 atom stereocenters. The van der Waals surface area contributed by atoms with Gasteiger partial charge in [-0.05, 0) is 81.7 Å². The highest BCUT2D eigenvalue weighted by Crippen LogP contribution is 2.28. The molecule has 1 aromatic carbocycles. The fourth-order valence-corrected chi connectivity index (χ4v) is 3.92. The van der Waals surface area contributed by atoms with Crippen LogP contribution in [0.2, 0.25) is 0 Å². The Morgan fingerprint density at radius 1 is 1.09 bits per heavy atom. The lowest BCUT2D eigenvalue weighted by atomic mass is 9.81. The van der Waals surface area contributed by atoms with E-state index in [0.29, 0.717) is 49.5 Å². The largest absolute Gasteiger partial charge is 0.465 e. The van der Waals surface area contributed by atoms with Gasteiger partial charge in [0.1, 0.15) is 6.04 Å². The number of hydrogen-bond acceptors (Lipinski definition) is 6. The number of hydrogen-bond donors (Lipinski definition) is 5. The normalized spacial score (nSPS) is 18.6. The van der Waals surface area contributed by atoms with Crippen LogP contribution in [0.15, 0.2) is 29.3 Å². The van der Waals surface area contributed by atoms with E-state index in [1.807, 2.05) is 0 Å². The number of guanidine groups is 1. The number of ether oxygens (including phenoxy) is 1. The Balaban J connectivity index is 1.99. The summed E-state index contributed by atoms with van der Waals surface area (Å²) in [5.74, 6) is -0.479. The topological polar surface area (TPSA) is 175 Å². The van der Waals surface area contributed by atoms with Crippen LogP contribution in [0.5, 0.6) is 0 Å². The van der Waals surface area contributed by atoms with Crippen molar-refractivity contribution in [2.24, 2.45) is 34.0 Å². The van der Waals surface area contributed by atoms with Gasteiger partial charge in [-0.2, -0.15) is 0 Å². The van der Waals surface area contributed by atoms with Crippen LogP contribution in [0, 0.1) is 11.8 Å². The van der Waals surface area contributed by atoms with Crippen molar-refractivity contribution in [2.75, 3.05) is 25.5 Å². The smallest absolute Gasteiger partial charge is 0.337 e. The van der Waals surface area contributed by atoms with Gasteiger partial charge in [-0.15, -0.1) is 0 Å². The number of aliphatic imine (C=N–C) groups is 1. The van der Waals surface area contributed by atoms with E-state index < -0.39 is 12.0 Å². The molecule has 10 heteroatoms. The number of carbonyl (C=O) groups excluding carboxylic acids is 3. The molecule has 1 fully saturated rings. The minimum absolute atomic E-state index is 0.0288. The zero-order valence-corrected chi connectivity index (χ0v) is 19.2. The second kappa shape index (κ2) is 13.4. The highest BCUT2D eigenvalue weighted by Gasteiger charge is 2.29. The first-order chi connectivity index (χ1) is 15.8. The van der Waals surface area contributed by atoms with E-state index in [4.69, 9.17) is 17.2 Å². The molecule has 2 amide bonds. The van der Waals surface area contributed by atoms with Crippen LogP contribution in [0.25, 0.3) is 0 Å². The molecule has 0 aliphatic heterocycles. The third-order valence-corrected chi connectivity index (χ3v) is 5.95. The summed E-state index contributed by atoms with van der Waals surface area (Å²) in [5.41, 5.74) is 17.3. The monoisotopic (exact) mass is 460 g/mol. The van der Waals surface area contributed by atoms with E-state index in [1.165, 1.54) is 7.11 Å². The minimum Gasteiger partial charge on any atom is -0.465 e. The van der Waals surface area contributed by atoms with Crippen molar-refractivity contribution in [2.45, 2.75) is 51.0 Å². The number of rotatable bonds is 11. The number of amides is 2. The molecule has 0 radical (unpaired) electrons. The molecule has 10 nitrogen and oxygen atoms in total. The molecule has 0 unspecified atom stereocenters. The lowest BCUT2D eigenvalue weighted by molar-refractivity contribution is -0.130. The minimum atomic E-state index is -0.691. The summed E-state index contributed by atoms with van der Waals surface area (Å²) >= 11 is 0. The number of nitrogens with zero attached hydrogens (tertiary/aromatic N) is 1. The van der Waals surface area contributed by atoms with Gasteiger partial charge in [0, 0.05) is 18.2 Å². The van der Waals surface area contributed by atoms with E-state index in [0.717, 1.165) is 25.7 Å². The average Bonchev–Trinajstić information content (AvgIpc) is 2.82. The first kappa shape index (κ1) is 26.1. The number of esters is 1. The predicted octanol–water partition coefficient (Wildman–Crippen LogP) is 1.11. The number of anilines is 1. The van der Waals surface area contributed by atoms with E-state index in [2.05, 4.69) is 20.4 Å². The summed E-state index contributed by atoms with van der Waals surface area (Å²) in [6.45, 7) is 1.10. The molecule has 0 saturated heterocycles. The molecule has 1 saturated carbocycles. The molecule has 182 valence electrons. The molecule has 0 spiro atoms. The van der Waals surface area contributed by atoms with Crippen molar-refractivity contribution in [3.8, 4) is 0 Å². The summed E-state index contributed by atoms with van der Waals surface area (Å²) in [6.07, 6.45) is 5.22. The highest BCUT2D eigenvalue weighted by molar-refractivity contribution is 5.98. The maximum Gasteiger partial charge on any atom is 0.337 e. The first-order valence-electron chi connectivity index (χ1n) is 11.4. The lowest BCUT2D eigenvalue weighted by Gasteiger charge is -2.28. The second-order valence-electron chi connectivity index (χ2n) is 8.38. The molecule has 0 heterocycles. The van der Waals surface area contributed by atoms with Gasteiger partial charge in [0.15, 0.2) is 5.96 Å². The molecule has 1 aromatic rings. The molecule has 1 aliphatic carbocycles. The third kappa shape index (κ3) is 8.72. The summed E-state index contributed by atoms with van der Waals surface area (Å²) in [7, 11) is 1.31. The van der Waals surface area contributed by atoms with Crippen molar-refractivity contribution < 1.29 is 19.1 Å². The van der Waals surface area contributed by atoms with Gasteiger partial charge in [0.05, 0.1) is 12.7 Å². The summed E-state index contributed by atoms with van der Waals surface area (Å²) in [4.78, 5) is 41.4. The Bertz CT molecular complexity index is 815. The molecule has 2 rings (SSSR count). The van der Waals surface area contributed by atoms with Crippen molar-refractivity contribution >= 4 is 29.4 Å². The van der Waals surface area contributed by atoms with Crippen molar-refractivity contribution in [1.29, 1.82) is 0 Å². The van der Waals surface area contributed by atoms with Gasteiger partial charge in [-0.3, -0.25) is 14.6 Å². The quantitative estimate of drug-likeness (QED) is 0.142. The average molecular weight is 461 g/mol. The van der Waals surface area contributed by atoms with Crippen LogP contribution in [0.3, 0.4) is 0 Å². The lowest BCUT2D eigenvalue weighted by Crippen LogP contribution is -2.46. The summed E-state index contributed by atoms with van der Waals surface area (Å²) in [5, 5.41) is 5.76. The zero-order chi connectivity index (χ0) is 24.2. The van der Waals surface area contributed by atoms with Gasteiger partial charge in [-0.1, -0.05) is 0 Å². The van der Waals surface area contributed by atoms with Crippen molar-refractivity contribution in [3.63, 3.8) is 0 Å². The van der Waals surface area contributed by atoms with Gasteiger partial charge in [0.2, 0.25) is 11.8 Å². The molecule has 8 N–H and O–H groups in total. The summed E-state index contributed by atoms with van der Waals surface area (Å²) in [6, 6.07) is 5.69. The highest BCUT2D eigenvalue weighted by atomic mass is 16.5. The van der Waals surface area contributed by atoms with Gasteiger partial charge in [0.25, 0.3) is 0 Å². The first-order valence-corrected chi connectivity index (χ1v) is 11.4. The molecule has 1 aliphatic rings. The second-order valence-corrected chi connectivity index (χ2v) is 8.38. The standard InChI is InChI=1S/C23H36N6O4/c1-33-22(32)17-9-11-18(12-10-17)28-21(31)19(4-2-3-13-27-23(25)26)29-20(30)16-7-5-15(14-24)6-8-16/h9-12,15-16,19H,2-8,13-14,24H2,1H3,(H,28,31)(H,29,30)(H4,25,26,27)/t15?,16?,19-/m0/s1. The van der Waals surface area contributed by atoms with Crippen LogP contribution in [0.1, 0.15) is 55.3 Å². The maximum atomic E-state index is 13.0. The van der Waals surface area contributed by atoms with Crippen LogP contribution in [-0.2, 0) is 14.3 Å². The Hall–Kier alpha value is -3.14. The predicted molar refractivity (Wildman–Crippen MR) is 127 cm³/mol. The number of unbranched alkanes of at least 4 members (excludes halogenated alkanes) is 1. The Kier molecular flexibility index (Phi) is 10.6. The molecular formula is C23H36N6O4. The fraction of sp³-hybridized carbons (Fsp3) is 0.565. The van der Waals surface area contributed by atoms with Crippen LogP contribution in [-0.4, -0.2) is 50.0 Å². The number of benzene rings is 1. The Morgan fingerprint density at radius 2 is 1.76 bits per heavy atom. The van der Waals surface area contributed by atoms with E-state index in [1.54, 1.807) is 24.3 Å². The summed E-state index contributed by atoms with van der Waals surface area (Å²) < 4.78 is 4.68. The molecule has 33 heavy (non-hydrogen) atoms. The maximum absolute atomic E-state index is 13.0.